The van der Waals surface area contributed by atoms with Crippen LogP contribution in [0.5, 0.6) is 5.75 Å². The molecule has 1 aromatic heterocycles. The third-order valence-electron chi connectivity index (χ3n) is 3.35. The minimum absolute atomic E-state index is 0.211. The molecule has 2 aromatic rings. The van der Waals surface area contributed by atoms with E-state index in [-0.39, 0.29) is 12.1 Å². The van der Waals surface area contributed by atoms with Gasteiger partial charge in [-0.25, -0.2) is 0 Å². The van der Waals surface area contributed by atoms with E-state index in [0.29, 0.717) is 5.02 Å². The van der Waals surface area contributed by atoms with Crippen LogP contribution in [0.3, 0.4) is 0 Å². The average Bonchev–Trinajstić information content (AvgIpc) is 2.80. The van der Waals surface area contributed by atoms with E-state index in [1.54, 1.807) is 13.3 Å². The van der Waals surface area contributed by atoms with Crippen LogP contribution in [0.1, 0.15) is 42.8 Å². The molecule has 0 bridgehead atoms. The topological polar surface area (TPSA) is 53.1 Å². The number of aromatic nitrogens is 2. The Kier molecular flexibility index (Phi) is 4.35. The Hall–Kier alpha value is -1.52. The van der Waals surface area contributed by atoms with Crippen LogP contribution in [0.25, 0.3) is 0 Å². The monoisotopic (exact) mass is 293 g/mol. The van der Waals surface area contributed by atoms with Gasteiger partial charge in [0.2, 0.25) is 0 Å². The molecule has 0 fully saturated rings. The third-order valence-corrected chi connectivity index (χ3v) is 3.64. The van der Waals surface area contributed by atoms with Crippen molar-refractivity contribution in [1.29, 1.82) is 0 Å². The molecule has 0 aliphatic heterocycles. The summed E-state index contributed by atoms with van der Waals surface area (Å²) in [6.45, 7) is 6.11. The fourth-order valence-corrected chi connectivity index (χ4v) is 2.55. The van der Waals surface area contributed by atoms with Gasteiger partial charge in [0.05, 0.1) is 30.1 Å². The normalized spacial score (nSPS) is 12.8. The summed E-state index contributed by atoms with van der Waals surface area (Å²) in [5.74, 6) is 0.851. The highest BCUT2D eigenvalue weighted by Gasteiger charge is 2.20. The average molecular weight is 294 g/mol. The molecule has 1 heterocycles. The van der Waals surface area contributed by atoms with Crippen LogP contribution in [-0.4, -0.2) is 16.9 Å². The molecule has 0 aliphatic rings. The maximum atomic E-state index is 6.37. The highest BCUT2D eigenvalue weighted by Crippen LogP contribution is 2.30. The van der Waals surface area contributed by atoms with Gasteiger partial charge >= 0.3 is 0 Å². The molecule has 0 spiro atoms. The molecule has 20 heavy (non-hydrogen) atoms. The number of methoxy groups -OCH3 is 1. The van der Waals surface area contributed by atoms with Gasteiger partial charge in [-0.1, -0.05) is 23.7 Å². The Balaban J connectivity index is 2.43. The van der Waals surface area contributed by atoms with Crippen LogP contribution in [0.4, 0.5) is 0 Å². The van der Waals surface area contributed by atoms with Crippen molar-refractivity contribution in [3.8, 4) is 5.75 Å². The van der Waals surface area contributed by atoms with Gasteiger partial charge in [-0.05, 0) is 38.0 Å². The number of hydrogen-bond acceptors (Lipinski definition) is 3. The van der Waals surface area contributed by atoms with E-state index >= 15 is 0 Å². The number of nitrogens with zero attached hydrogens (tertiary/aromatic N) is 2. The first kappa shape index (κ1) is 14.9. The summed E-state index contributed by atoms with van der Waals surface area (Å²) in [4.78, 5) is 0. The molecule has 0 amide bonds. The SMILES string of the molecule is COc1ccc(C(N)c2c(Cl)cnn2C(C)C)cc1C. The van der Waals surface area contributed by atoms with E-state index < -0.39 is 0 Å². The molecule has 5 heteroatoms. The molecule has 4 nitrogen and oxygen atoms in total. The number of rotatable bonds is 4. The second-order valence-corrected chi connectivity index (χ2v) is 5.53. The Labute approximate surface area is 124 Å². The predicted molar refractivity (Wildman–Crippen MR) is 81.4 cm³/mol. The van der Waals surface area contributed by atoms with Crippen LogP contribution in [0.15, 0.2) is 24.4 Å². The molecule has 0 saturated heterocycles. The van der Waals surface area contributed by atoms with E-state index in [2.05, 4.69) is 18.9 Å². The Bertz CT molecular complexity index is 607. The molecule has 0 aliphatic carbocycles. The second kappa shape index (κ2) is 5.85. The lowest BCUT2D eigenvalue weighted by Crippen LogP contribution is -2.19. The van der Waals surface area contributed by atoms with Gasteiger partial charge < -0.3 is 10.5 Å². The summed E-state index contributed by atoms with van der Waals surface area (Å²) >= 11 is 6.24. The zero-order valence-corrected chi connectivity index (χ0v) is 13.0. The maximum Gasteiger partial charge on any atom is 0.121 e. The first-order valence-electron chi connectivity index (χ1n) is 6.58. The number of benzene rings is 1. The summed E-state index contributed by atoms with van der Waals surface area (Å²) in [5, 5.41) is 4.89. The smallest absolute Gasteiger partial charge is 0.121 e. The van der Waals surface area contributed by atoms with Crippen LogP contribution < -0.4 is 10.5 Å². The fourth-order valence-electron chi connectivity index (χ4n) is 2.31. The number of nitrogens with two attached hydrogens (primary N) is 1. The summed E-state index contributed by atoms with van der Waals surface area (Å²) in [6, 6.07) is 5.82. The van der Waals surface area contributed by atoms with E-state index in [4.69, 9.17) is 22.1 Å². The van der Waals surface area contributed by atoms with Crippen molar-refractivity contribution in [2.24, 2.45) is 5.73 Å². The Morgan fingerprint density at radius 1 is 1.35 bits per heavy atom. The van der Waals surface area contributed by atoms with E-state index in [9.17, 15) is 0 Å². The van der Waals surface area contributed by atoms with Gasteiger partial charge in [0.25, 0.3) is 0 Å². The highest BCUT2D eigenvalue weighted by atomic mass is 35.5. The molecule has 2 N–H and O–H groups in total. The van der Waals surface area contributed by atoms with Crippen molar-refractivity contribution in [2.45, 2.75) is 32.9 Å². The van der Waals surface area contributed by atoms with E-state index in [1.165, 1.54) is 0 Å². The fraction of sp³-hybridized carbons (Fsp3) is 0.400. The highest BCUT2D eigenvalue weighted by molar-refractivity contribution is 6.31. The van der Waals surface area contributed by atoms with Gasteiger partial charge in [0, 0.05) is 6.04 Å². The summed E-state index contributed by atoms with van der Waals surface area (Å²) in [5.41, 5.74) is 9.26. The van der Waals surface area contributed by atoms with E-state index in [1.807, 2.05) is 29.8 Å². The minimum atomic E-state index is -0.308. The molecular weight excluding hydrogens is 274 g/mol. The molecule has 1 unspecified atom stereocenters. The number of hydrogen-bond donors (Lipinski definition) is 1. The molecule has 108 valence electrons. The molecule has 0 saturated carbocycles. The van der Waals surface area contributed by atoms with Crippen LogP contribution >= 0.6 is 11.6 Å². The van der Waals surface area contributed by atoms with Gasteiger partial charge in [-0.15, -0.1) is 0 Å². The third kappa shape index (κ3) is 2.67. The van der Waals surface area contributed by atoms with Gasteiger partial charge in [0.15, 0.2) is 0 Å². The largest absolute Gasteiger partial charge is 0.496 e. The lowest BCUT2D eigenvalue weighted by Gasteiger charge is -2.18. The molecule has 1 atom stereocenters. The first-order valence-corrected chi connectivity index (χ1v) is 6.96. The second-order valence-electron chi connectivity index (χ2n) is 5.12. The lowest BCUT2D eigenvalue weighted by atomic mass is 10.0. The molecular formula is C15H20ClN3O. The van der Waals surface area contributed by atoms with Crippen molar-refractivity contribution >= 4 is 11.6 Å². The lowest BCUT2D eigenvalue weighted by molar-refractivity contribution is 0.411. The number of aryl methyl sites for hydroxylation is 1. The number of ether oxygens (including phenoxy) is 1. The zero-order chi connectivity index (χ0) is 14.9. The summed E-state index contributed by atoms with van der Waals surface area (Å²) in [6.07, 6.45) is 1.65. The van der Waals surface area contributed by atoms with Gasteiger partial charge in [-0.3, -0.25) is 4.68 Å². The van der Waals surface area contributed by atoms with Crippen molar-refractivity contribution in [2.75, 3.05) is 7.11 Å². The minimum Gasteiger partial charge on any atom is -0.496 e. The molecule has 1 aromatic carbocycles. The van der Waals surface area contributed by atoms with Gasteiger partial charge in [-0.2, -0.15) is 5.10 Å². The van der Waals surface area contributed by atoms with Crippen LogP contribution in [0.2, 0.25) is 5.02 Å². The Morgan fingerprint density at radius 3 is 2.60 bits per heavy atom. The predicted octanol–water partition coefficient (Wildman–Crippen LogP) is 3.48. The molecule has 2 rings (SSSR count). The van der Waals surface area contributed by atoms with Gasteiger partial charge in [0.1, 0.15) is 5.75 Å². The summed E-state index contributed by atoms with van der Waals surface area (Å²) in [7, 11) is 1.66. The summed E-state index contributed by atoms with van der Waals surface area (Å²) < 4.78 is 7.14. The van der Waals surface area contributed by atoms with Crippen molar-refractivity contribution in [3.05, 3.63) is 46.2 Å². The van der Waals surface area contributed by atoms with Crippen molar-refractivity contribution < 1.29 is 4.74 Å². The van der Waals surface area contributed by atoms with Crippen LogP contribution in [-0.2, 0) is 0 Å². The van der Waals surface area contributed by atoms with Crippen molar-refractivity contribution in [3.63, 3.8) is 0 Å². The standard InChI is InChI=1S/C15H20ClN3O/c1-9(2)19-15(12(16)8-18-19)14(17)11-5-6-13(20-4)10(3)7-11/h5-9,14H,17H2,1-4H3. The quantitative estimate of drug-likeness (QED) is 0.939. The maximum absolute atomic E-state index is 6.37. The Morgan fingerprint density at radius 2 is 2.05 bits per heavy atom. The van der Waals surface area contributed by atoms with Crippen molar-refractivity contribution in [1.82, 2.24) is 9.78 Å². The zero-order valence-electron chi connectivity index (χ0n) is 12.2. The van der Waals surface area contributed by atoms with E-state index in [0.717, 1.165) is 22.6 Å². The number of halogens is 1. The molecule has 0 radical (unpaired) electrons. The van der Waals surface area contributed by atoms with Crippen LogP contribution in [0, 0.1) is 6.92 Å². The first-order chi connectivity index (χ1) is 9.45.